The molecule has 6 heteroatoms. The van der Waals surface area contributed by atoms with E-state index in [1.54, 1.807) is 7.11 Å². The first kappa shape index (κ1) is 21.7. The second-order valence-electron chi connectivity index (χ2n) is 7.84. The maximum absolute atomic E-state index is 5.60. The molecule has 0 fully saturated rings. The molecular weight excluding hydrogens is 400 g/mol. The lowest BCUT2D eigenvalue weighted by molar-refractivity contribution is 0.340. The predicted molar refractivity (Wildman–Crippen MR) is 129 cm³/mol. The van der Waals surface area contributed by atoms with Gasteiger partial charge in [0.1, 0.15) is 11.5 Å². The van der Waals surface area contributed by atoms with Crippen molar-refractivity contribution in [2.75, 3.05) is 25.6 Å². The van der Waals surface area contributed by atoms with Gasteiger partial charge in [0.2, 0.25) is 0 Å². The summed E-state index contributed by atoms with van der Waals surface area (Å²) >= 11 is 0. The molecule has 6 nitrogen and oxygen atoms in total. The highest BCUT2D eigenvalue weighted by molar-refractivity contribution is 5.98. The molecule has 0 spiro atoms. The summed E-state index contributed by atoms with van der Waals surface area (Å²) in [6, 6.07) is 16.4. The Morgan fingerprint density at radius 3 is 2.16 bits per heavy atom. The molecule has 0 aliphatic heterocycles. The molecule has 0 radical (unpaired) electrons. The van der Waals surface area contributed by atoms with Gasteiger partial charge < -0.3 is 19.4 Å². The third-order valence-electron chi connectivity index (χ3n) is 5.81. The molecule has 0 amide bonds. The summed E-state index contributed by atoms with van der Waals surface area (Å²) in [4.78, 5) is 0. The number of hydrogen-bond donors (Lipinski definition) is 1. The molecule has 0 bridgehead atoms. The predicted octanol–water partition coefficient (Wildman–Crippen LogP) is 5.41. The topological polar surface area (TPSA) is 61.2 Å². The van der Waals surface area contributed by atoms with Crippen LogP contribution in [0.4, 0.5) is 5.82 Å². The lowest BCUT2D eigenvalue weighted by atomic mass is 10.1. The van der Waals surface area contributed by atoms with Gasteiger partial charge in [-0.3, -0.25) is 0 Å². The fourth-order valence-corrected chi connectivity index (χ4v) is 4.28. The third kappa shape index (κ3) is 4.13. The number of rotatable bonds is 8. The zero-order valence-electron chi connectivity index (χ0n) is 19.4. The molecule has 0 atom stereocenters. The van der Waals surface area contributed by atoms with Crippen LogP contribution in [0.2, 0.25) is 0 Å². The Labute approximate surface area is 189 Å². The maximum Gasteiger partial charge on any atom is 0.158 e. The molecule has 166 valence electrons. The van der Waals surface area contributed by atoms with Gasteiger partial charge >= 0.3 is 0 Å². The van der Waals surface area contributed by atoms with Crippen molar-refractivity contribution in [3.8, 4) is 17.2 Å². The number of hydrogen-bond acceptors (Lipinski definition) is 5. The van der Waals surface area contributed by atoms with Gasteiger partial charge in [0.15, 0.2) is 5.82 Å². The van der Waals surface area contributed by atoms with Crippen LogP contribution in [0.5, 0.6) is 11.5 Å². The molecule has 4 rings (SSSR count). The van der Waals surface area contributed by atoms with Gasteiger partial charge in [-0.05, 0) is 76.1 Å². The monoisotopic (exact) mass is 430 g/mol. The molecule has 2 aromatic heterocycles. The van der Waals surface area contributed by atoms with Crippen LogP contribution in [-0.4, -0.2) is 35.0 Å². The van der Waals surface area contributed by atoms with Crippen molar-refractivity contribution in [2.24, 2.45) is 0 Å². The zero-order chi connectivity index (χ0) is 22.7. The number of fused-ring (bicyclic) bond motifs is 1. The quantitative estimate of drug-likeness (QED) is 0.405. The van der Waals surface area contributed by atoms with E-state index in [1.165, 1.54) is 5.56 Å². The maximum atomic E-state index is 5.60. The molecule has 0 saturated carbocycles. The highest BCUT2D eigenvalue weighted by Gasteiger charge is 2.19. The Hall–Kier alpha value is -3.54. The van der Waals surface area contributed by atoms with Crippen molar-refractivity contribution in [3.05, 3.63) is 71.2 Å². The van der Waals surface area contributed by atoms with E-state index in [-0.39, 0.29) is 0 Å². The van der Waals surface area contributed by atoms with E-state index in [0.29, 0.717) is 6.61 Å². The summed E-state index contributed by atoms with van der Waals surface area (Å²) in [6.45, 7) is 9.72. The van der Waals surface area contributed by atoms with Gasteiger partial charge in [0.25, 0.3) is 0 Å². The average molecular weight is 431 g/mol. The average Bonchev–Trinajstić information content (AvgIpc) is 3.08. The minimum Gasteiger partial charge on any atom is -0.497 e. The van der Waals surface area contributed by atoms with E-state index in [0.717, 1.165) is 63.8 Å². The molecule has 0 aliphatic carbocycles. The number of nitrogens with one attached hydrogen (secondary N) is 1. The standard InChI is InChI=1S/C26H30N4O2/c1-6-32-23-13-9-21(10-14-23)30-18(3)24-17(2)28-29-26(25(24)19(30)4)27-16-15-20-7-11-22(31-5)12-8-20/h7-14H,6,15-16H2,1-5H3,(H,27,29). The van der Waals surface area contributed by atoms with Crippen molar-refractivity contribution in [3.63, 3.8) is 0 Å². The van der Waals surface area contributed by atoms with Crippen molar-refractivity contribution < 1.29 is 9.47 Å². The van der Waals surface area contributed by atoms with Gasteiger partial charge in [0, 0.05) is 34.4 Å². The Morgan fingerprint density at radius 2 is 1.50 bits per heavy atom. The van der Waals surface area contributed by atoms with Crippen LogP contribution in [0.15, 0.2) is 48.5 Å². The second kappa shape index (κ2) is 9.30. The normalized spacial score (nSPS) is 11.0. The summed E-state index contributed by atoms with van der Waals surface area (Å²) in [5.74, 6) is 2.57. The number of nitrogens with zero attached hydrogens (tertiary/aromatic N) is 3. The minimum atomic E-state index is 0.660. The van der Waals surface area contributed by atoms with Crippen LogP contribution >= 0.6 is 0 Å². The lowest BCUT2D eigenvalue weighted by Gasteiger charge is -2.11. The molecule has 32 heavy (non-hydrogen) atoms. The zero-order valence-corrected chi connectivity index (χ0v) is 19.4. The summed E-state index contributed by atoms with van der Waals surface area (Å²) < 4.78 is 13.1. The number of anilines is 1. The third-order valence-corrected chi connectivity index (χ3v) is 5.81. The Balaban J connectivity index is 1.64. The van der Waals surface area contributed by atoms with E-state index in [1.807, 2.05) is 38.1 Å². The Kier molecular flexibility index (Phi) is 6.30. The number of aromatic nitrogens is 3. The first-order valence-corrected chi connectivity index (χ1v) is 11.0. The van der Waals surface area contributed by atoms with E-state index in [4.69, 9.17) is 9.47 Å². The highest BCUT2D eigenvalue weighted by atomic mass is 16.5. The fourth-order valence-electron chi connectivity index (χ4n) is 4.28. The van der Waals surface area contributed by atoms with Gasteiger partial charge in [-0.1, -0.05) is 12.1 Å². The second-order valence-corrected chi connectivity index (χ2v) is 7.84. The van der Waals surface area contributed by atoms with Gasteiger partial charge in [0.05, 0.1) is 19.4 Å². The van der Waals surface area contributed by atoms with E-state index in [9.17, 15) is 0 Å². The van der Waals surface area contributed by atoms with Crippen molar-refractivity contribution in [2.45, 2.75) is 34.1 Å². The number of aryl methyl sites for hydroxylation is 3. The molecule has 0 saturated heterocycles. The van der Waals surface area contributed by atoms with Crippen molar-refractivity contribution in [1.82, 2.24) is 14.8 Å². The van der Waals surface area contributed by atoms with Gasteiger partial charge in [-0.25, -0.2) is 0 Å². The van der Waals surface area contributed by atoms with Crippen molar-refractivity contribution in [1.29, 1.82) is 0 Å². The molecule has 0 unspecified atom stereocenters. The van der Waals surface area contributed by atoms with Crippen LogP contribution < -0.4 is 14.8 Å². The molecule has 4 aromatic rings. The van der Waals surface area contributed by atoms with Crippen LogP contribution in [0.25, 0.3) is 16.5 Å². The molecule has 0 aliphatic rings. The van der Waals surface area contributed by atoms with Crippen LogP contribution in [0, 0.1) is 20.8 Å². The Morgan fingerprint density at radius 1 is 0.844 bits per heavy atom. The van der Waals surface area contributed by atoms with Crippen LogP contribution in [0.1, 0.15) is 29.6 Å². The van der Waals surface area contributed by atoms with Crippen molar-refractivity contribution >= 4 is 16.6 Å². The largest absolute Gasteiger partial charge is 0.497 e. The minimum absolute atomic E-state index is 0.660. The van der Waals surface area contributed by atoms with E-state index in [2.05, 4.69) is 58.2 Å². The summed E-state index contributed by atoms with van der Waals surface area (Å²) in [6.07, 6.45) is 0.888. The number of benzene rings is 2. The summed E-state index contributed by atoms with van der Waals surface area (Å²) in [5.41, 5.74) is 5.59. The fraction of sp³-hybridized carbons (Fsp3) is 0.308. The molecule has 1 N–H and O–H groups in total. The molecule has 2 aromatic carbocycles. The number of ether oxygens (including phenoxy) is 2. The first-order valence-electron chi connectivity index (χ1n) is 11.0. The van der Waals surface area contributed by atoms with Gasteiger partial charge in [-0.15, -0.1) is 5.10 Å². The van der Waals surface area contributed by atoms with Crippen LogP contribution in [-0.2, 0) is 6.42 Å². The lowest BCUT2D eigenvalue weighted by Crippen LogP contribution is -2.08. The van der Waals surface area contributed by atoms with Crippen LogP contribution in [0.3, 0.4) is 0 Å². The summed E-state index contributed by atoms with van der Waals surface area (Å²) in [5, 5.41) is 14.7. The molecule has 2 heterocycles. The van der Waals surface area contributed by atoms with Gasteiger partial charge in [-0.2, -0.15) is 5.10 Å². The number of methoxy groups -OCH3 is 1. The SMILES string of the molecule is CCOc1ccc(-n2c(C)c3c(C)nnc(NCCc4ccc(OC)cc4)c3c2C)cc1. The van der Waals surface area contributed by atoms with E-state index >= 15 is 0 Å². The smallest absolute Gasteiger partial charge is 0.158 e. The Bertz CT molecular complexity index is 1210. The van der Waals surface area contributed by atoms with E-state index < -0.39 is 0 Å². The summed E-state index contributed by atoms with van der Waals surface area (Å²) in [7, 11) is 1.68. The molecular formula is C26H30N4O2. The highest BCUT2D eigenvalue weighted by Crippen LogP contribution is 2.34. The first-order chi connectivity index (χ1) is 15.5.